The average molecular weight is 490 g/mol. The van der Waals surface area contributed by atoms with Gasteiger partial charge in [0.15, 0.2) is 5.13 Å². The standard InChI is InChI=1S/C23H24ClN3O3S2/c1-15-6-7-16(2)19(12-15)21-14-31-23(25-21)26-22(28)18-9-8-17(13-20(18)24)32(29,30)27-10-4-3-5-11-27/h6-9,12-14H,3-5,10-11H2,1-2H3,(H,25,26,28). The van der Waals surface area contributed by atoms with E-state index < -0.39 is 15.9 Å². The summed E-state index contributed by atoms with van der Waals surface area (Å²) in [7, 11) is -3.61. The van der Waals surface area contributed by atoms with Gasteiger partial charge < -0.3 is 0 Å². The zero-order valence-corrected chi connectivity index (χ0v) is 20.3. The first-order chi connectivity index (χ1) is 15.3. The maximum atomic E-state index is 12.9. The molecule has 2 aromatic carbocycles. The highest BCUT2D eigenvalue weighted by atomic mass is 35.5. The van der Waals surface area contributed by atoms with Crippen molar-refractivity contribution in [3.05, 3.63) is 63.5 Å². The van der Waals surface area contributed by atoms with Crippen LogP contribution in [0.4, 0.5) is 5.13 Å². The monoisotopic (exact) mass is 489 g/mol. The van der Waals surface area contributed by atoms with Crippen LogP contribution < -0.4 is 5.32 Å². The number of hydrogen-bond donors (Lipinski definition) is 1. The van der Waals surface area contributed by atoms with E-state index in [1.807, 2.05) is 31.4 Å². The van der Waals surface area contributed by atoms with Gasteiger partial charge in [-0.05, 0) is 56.5 Å². The van der Waals surface area contributed by atoms with Crippen LogP contribution in [0.15, 0.2) is 46.7 Å². The van der Waals surface area contributed by atoms with E-state index in [0.29, 0.717) is 18.2 Å². The second-order valence-electron chi connectivity index (χ2n) is 7.92. The summed E-state index contributed by atoms with van der Waals surface area (Å²) in [5.74, 6) is -0.432. The fourth-order valence-corrected chi connectivity index (χ4v) is 6.31. The maximum absolute atomic E-state index is 12.9. The molecule has 0 saturated carbocycles. The number of amides is 1. The third kappa shape index (κ3) is 4.73. The Bertz CT molecular complexity index is 1270. The van der Waals surface area contributed by atoms with Crippen molar-refractivity contribution in [3.63, 3.8) is 0 Å². The molecule has 1 saturated heterocycles. The van der Waals surface area contributed by atoms with Gasteiger partial charge in [-0.25, -0.2) is 13.4 Å². The zero-order chi connectivity index (χ0) is 22.9. The van der Waals surface area contributed by atoms with E-state index in [1.54, 1.807) is 0 Å². The molecule has 1 aromatic heterocycles. The molecule has 1 aliphatic heterocycles. The van der Waals surface area contributed by atoms with Crippen LogP contribution in [-0.2, 0) is 10.0 Å². The van der Waals surface area contributed by atoms with Crippen molar-refractivity contribution in [1.82, 2.24) is 9.29 Å². The van der Waals surface area contributed by atoms with Crippen LogP contribution in [0.5, 0.6) is 0 Å². The van der Waals surface area contributed by atoms with Gasteiger partial charge in [0.1, 0.15) is 0 Å². The summed E-state index contributed by atoms with van der Waals surface area (Å²) in [6, 6.07) is 10.4. The topological polar surface area (TPSA) is 79.4 Å². The number of halogens is 1. The SMILES string of the molecule is Cc1ccc(C)c(-c2csc(NC(=O)c3ccc(S(=O)(=O)N4CCCCC4)cc3Cl)n2)c1. The van der Waals surface area contributed by atoms with Crippen molar-refractivity contribution in [2.45, 2.75) is 38.0 Å². The van der Waals surface area contributed by atoms with E-state index >= 15 is 0 Å². The number of sulfonamides is 1. The first-order valence-corrected chi connectivity index (χ1v) is 13.1. The summed E-state index contributed by atoms with van der Waals surface area (Å²) in [6.07, 6.45) is 2.74. The van der Waals surface area contributed by atoms with Gasteiger partial charge in [0.05, 0.1) is 21.2 Å². The van der Waals surface area contributed by atoms with E-state index in [0.717, 1.165) is 41.6 Å². The van der Waals surface area contributed by atoms with Crippen molar-refractivity contribution < 1.29 is 13.2 Å². The number of benzene rings is 2. The Morgan fingerprint density at radius 1 is 1.09 bits per heavy atom. The minimum absolute atomic E-state index is 0.0897. The fraction of sp³-hybridized carbons (Fsp3) is 0.304. The smallest absolute Gasteiger partial charge is 0.258 e. The molecule has 0 radical (unpaired) electrons. The second kappa shape index (κ2) is 9.31. The van der Waals surface area contributed by atoms with Crippen LogP contribution in [0.3, 0.4) is 0 Å². The van der Waals surface area contributed by atoms with E-state index in [4.69, 9.17) is 11.6 Å². The number of aryl methyl sites for hydroxylation is 2. The molecule has 1 fully saturated rings. The van der Waals surface area contributed by atoms with Gasteiger partial charge in [0, 0.05) is 24.0 Å². The molecule has 168 valence electrons. The highest BCUT2D eigenvalue weighted by Gasteiger charge is 2.27. The Morgan fingerprint density at radius 3 is 2.56 bits per heavy atom. The minimum Gasteiger partial charge on any atom is -0.298 e. The molecule has 0 bridgehead atoms. The molecule has 6 nitrogen and oxygen atoms in total. The minimum atomic E-state index is -3.61. The largest absolute Gasteiger partial charge is 0.298 e. The predicted molar refractivity (Wildman–Crippen MR) is 129 cm³/mol. The van der Waals surface area contributed by atoms with Crippen molar-refractivity contribution >= 4 is 44.0 Å². The summed E-state index contributed by atoms with van der Waals surface area (Å²) in [4.78, 5) is 17.4. The molecule has 1 N–H and O–H groups in total. The lowest BCUT2D eigenvalue weighted by atomic mass is 10.0. The summed E-state index contributed by atoms with van der Waals surface area (Å²) in [6.45, 7) is 5.06. The molecule has 32 heavy (non-hydrogen) atoms. The number of carbonyl (C=O) groups is 1. The van der Waals surface area contributed by atoms with Crippen molar-refractivity contribution in [3.8, 4) is 11.3 Å². The molecule has 3 aromatic rings. The molecule has 1 aliphatic rings. The number of thiazole rings is 1. The molecule has 0 spiro atoms. The van der Waals surface area contributed by atoms with Crippen molar-refractivity contribution in [2.24, 2.45) is 0 Å². The fourth-order valence-electron chi connectivity index (χ4n) is 3.73. The van der Waals surface area contributed by atoms with Crippen LogP contribution in [-0.4, -0.2) is 36.7 Å². The Kier molecular flexibility index (Phi) is 6.67. The normalized spacial score (nSPS) is 15.0. The van der Waals surface area contributed by atoms with Crippen molar-refractivity contribution in [1.29, 1.82) is 0 Å². The lowest BCUT2D eigenvalue weighted by Gasteiger charge is -2.26. The first kappa shape index (κ1) is 22.9. The van der Waals surface area contributed by atoms with Gasteiger partial charge in [-0.3, -0.25) is 10.1 Å². The van der Waals surface area contributed by atoms with Gasteiger partial charge >= 0.3 is 0 Å². The zero-order valence-electron chi connectivity index (χ0n) is 17.9. The molecule has 0 aliphatic carbocycles. The molecule has 2 heterocycles. The van der Waals surface area contributed by atoms with Crippen LogP contribution in [0, 0.1) is 13.8 Å². The number of carbonyl (C=O) groups excluding carboxylic acids is 1. The van der Waals surface area contributed by atoms with Crippen LogP contribution >= 0.6 is 22.9 Å². The highest BCUT2D eigenvalue weighted by molar-refractivity contribution is 7.89. The van der Waals surface area contributed by atoms with E-state index in [9.17, 15) is 13.2 Å². The lowest BCUT2D eigenvalue weighted by Crippen LogP contribution is -2.35. The number of anilines is 1. The number of rotatable bonds is 5. The van der Waals surface area contributed by atoms with Gasteiger partial charge in [0.2, 0.25) is 10.0 Å². The summed E-state index contributed by atoms with van der Waals surface area (Å²) in [5.41, 5.74) is 4.25. The van der Waals surface area contributed by atoms with E-state index in [2.05, 4.69) is 16.4 Å². The Labute approximate surface area is 197 Å². The number of nitrogens with zero attached hydrogens (tertiary/aromatic N) is 2. The van der Waals surface area contributed by atoms with Crippen molar-refractivity contribution in [2.75, 3.05) is 18.4 Å². The Hall–Kier alpha value is -2.26. The summed E-state index contributed by atoms with van der Waals surface area (Å²) >= 11 is 7.64. The number of piperidine rings is 1. The lowest BCUT2D eigenvalue weighted by molar-refractivity contribution is 0.102. The molecular formula is C23H24ClN3O3S2. The summed E-state index contributed by atoms with van der Waals surface area (Å²) in [5, 5.41) is 5.21. The Balaban J connectivity index is 1.52. The third-order valence-corrected chi connectivity index (χ3v) is 8.50. The van der Waals surface area contributed by atoms with Gasteiger partial charge in [0.25, 0.3) is 5.91 Å². The molecular weight excluding hydrogens is 466 g/mol. The first-order valence-electron chi connectivity index (χ1n) is 10.4. The quantitative estimate of drug-likeness (QED) is 0.512. The number of nitrogens with one attached hydrogen (secondary N) is 1. The second-order valence-corrected chi connectivity index (χ2v) is 11.1. The van der Waals surface area contributed by atoms with Crippen LogP contribution in [0.2, 0.25) is 5.02 Å². The molecule has 0 unspecified atom stereocenters. The highest BCUT2D eigenvalue weighted by Crippen LogP contribution is 2.30. The van der Waals surface area contributed by atoms with Crippen LogP contribution in [0.1, 0.15) is 40.7 Å². The maximum Gasteiger partial charge on any atom is 0.258 e. The molecule has 0 atom stereocenters. The average Bonchev–Trinajstić information content (AvgIpc) is 3.24. The molecule has 1 amide bonds. The number of hydrogen-bond acceptors (Lipinski definition) is 5. The Morgan fingerprint density at radius 2 is 1.84 bits per heavy atom. The van der Waals surface area contributed by atoms with Gasteiger partial charge in [-0.15, -0.1) is 11.3 Å². The molecule has 4 rings (SSSR count). The van der Waals surface area contributed by atoms with E-state index in [-0.39, 0.29) is 15.5 Å². The van der Waals surface area contributed by atoms with E-state index in [1.165, 1.54) is 33.8 Å². The molecule has 9 heteroatoms. The predicted octanol–water partition coefficient (Wildman–Crippen LogP) is 5.51. The van der Waals surface area contributed by atoms with Crippen LogP contribution in [0.25, 0.3) is 11.3 Å². The third-order valence-electron chi connectivity index (χ3n) is 5.53. The number of aromatic nitrogens is 1. The van der Waals surface area contributed by atoms with Gasteiger partial charge in [-0.2, -0.15) is 4.31 Å². The summed E-state index contributed by atoms with van der Waals surface area (Å²) < 4.78 is 27.2. The van der Waals surface area contributed by atoms with Gasteiger partial charge in [-0.1, -0.05) is 35.7 Å².